The Morgan fingerprint density at radius 1 is 0.968 bits per heavy atom. The first kappa shape index (κ1) is 22.1. The normalized spacial score (nSPS) is 11.4. The molecule has 1 amide bonds. The van der Waals surface area contributed by atoms with E-state index in [0.29, 0.717) is 0 Å². The highest BCUT2D eigenvalue weighted by Crippen LogP contribution is 2.33. The smallest absolute Gasteiger partial charge is 0.294 e. The molecule has 0 aliphatic carbocycles. The van der Waals surface area contributed by atoms with Crippen molar-refractivity contribution < 1.29 is 17.8 Å². The molecule has 0 saturated heterocycles. The van der Waals surface area contributed by atoms with E-state index in [1.54, 1.807) is 11.8 Å². The zero-order valence-corrected chi connectivity index (χ0v) is 17.7. The summed E-state index contributed by atoms with van der Waals surface area (Å²) >= 11 is 1.54. The lowest BCUT2D eigenvalue weighted by atomic mass is 10.2. The first-order chi connectivity index (χ1) is 14.9. The predicted molar refractivity (Wildman–Crippen MR) is 119 cm³/mol. The number of carbonyl (C=O) groups is 1. The third kappa shape index (κ3) is 6.20. The molecule has 0 heterocycles. The van der Waals surface area contributed by atoms with Gasteiger partial charge < -0.3 is 10.6 Å². The molecule has 0 bridgehead atoms. The maximum absolute atomic E-state index is 12.4. The molecule has 3 N–H and O–H groups in total. The molecular formula is C22H17N3O4S2. The number of hydrogen-bond donors (Lipinski definition) is 3. The zero-order valence-electron chi connectivity index (χ0n) is 16.0. The van der Waals surface area contributed by atoms with Crippen LogP contribution in [0.3, 0.4) is 0 Å². The average molecular weight is 452 g/mol. The van der Waals surface area contributed by atoms with E-state index < -0.39 is 16.0 Å². The number of nitrogens with zero attached hydrogens (tertiary/aromatic N) is 1. The van der Waals surface area contributed by atoms with Crippen molar-refractivity contribution in [2.45, 2.75) is 14.7 Å². The van der Waals surface area contributed by atoms with Gasteiger partial charge in [-0.15, -0.1) is 0 Å². The van der Waals surface area contributed by atoms with Crippen LogP contribution in [-0.2, 0) is 14.9 Å². The number of benzene rings is 3. The maximum Gasteiger partial charge on any atom is 0.294 e. The van der Waals surface area contributed by atoms with Crippen molar-refractivity contribution in [3.05, 3.63) is 90.6 Å². The van der Waals surface area contributed by atoms with Crippen LogP contribution in [0.15, 0.2) is 105 Å². The second-order valence-corrected chi connectivity index (χ2v) is 8.72. The number of rotatable bonds is 7. The Hall–Kier alpha value is -3.58. The van der Waals surface area contributed by atoms with E-state index in [4.69, 9.17) is 4.55 Å². The molecule has 9 heteroatoms. The quantitative estimate of drug-likeness (QED) is 0.274. The van der Waals surface area contributed by atoms with E-state index in [9.17, 15) is 18.5 Å². The van der Waals surface area contributed by atoms with Crippen LogP contribution < -0.4 is 10.6 Å². The molecule has 3 rings (SSSR count). The summed E-state index contributed by atoms with van der Waals surface area (Å²) < 4.78 is 31.2. The first-order valence-electron chi connectivity index (χ1n) is 8.94. The molecule has 0 spiro atoms. The van der Waals surface area contributed by atoms with E-state index in [2.05, 4.69) is 10.6 Å². The van der Waals surface area contributed by atoms with Crippen LogP contribution in [0.25, 0.3) is 0 Å². The molecule has 31 heavy (non-hydrogen) atoms. The highest BCUT2D eigenvalue weighted by molar-refractivity contribution is 7.99. The topological polar surface area (TPSA) is 119 Å². The van der Waals surface area contributed by atoms with Gasteiger partial charge in [0.2, 0.25) is 0 Å². The monoisotopic (exact) mass is 451 g/mol. The predicted octanol–water partition coefficient (Wildman–Crippen LogP) is 4.54. The third-order valence-electron chi connectivity index (χ3n) is 4.01. The molecule has 3 aromatic rings. The van der Waals surface area contributed by atoms with E-state index in [1.807, 2.05) is 60.7 Å². The number of carbonyl (C=O) groups excluding carboxylic acids is 1. The lowest BCUT2D eigenvalue weighted by molar-refractivity contribution is -0.112. The number of hydrogen-bond acceptors (Lipinski definition) is 6. The Balaban J connectivity index is 1.72. The molecule has 0 fully saturated rings. The Labute approximate surface area is 184 Å². The number of anilines is 2. The van der Waals surface area contributed by atoms with Gasteiger partial charge in [0.25, 0.3) is 16.0 Å². The standard InChI is InChI=1S/C22H17N3O4S2/c23-14-16(22(26)25-17-10-12-19(13-11-17)31(27,28)29)15-24-20-8-4-5-9-21(20)30-18-6-2-1-3-7-18/h1-13,15,24H,(H,25,26)(H,27,28,29)/b16-15-. The van der Waals surface area contributed by atoms with Gasteiger partial charge in [-0.1, -0.05) is 42.1 Å². The van der Waals surface area contributed by atoms with Gasteiger partial charge in [-0.2, -0.15) is 13.7 Å². The highest BCUT2D eigenvalue weighted by Gasteiger charge is 2.12. The van der Waals surface area contributed by atoms with Crippen molar-refractivity contribution >= 4 is 39.2 Å². The second-order valence-electron chi connectivity index (χ2n) is 6.18. The minimum absolute atomic E-state index is 0.168. The van der Waals surface area contributed by atoms with Crippen molar-refractivity contribution in [1.29, 1.82) is 5.26 Å². The Bertz CT molecular complexity index is 1250. The van der Waals surface area contributed by atoms with Crippen molar-refractivity contribution in [2.75, 3.05) is 10.6 Å². The van der Waals surface area contributed by atoms with Gasteiger partial charge >= 0.3 is 0 Å². The second kappa shape index (κ2) is 9.95. The maximum atomic E-state index is 12.4. The Morgan fingerprint density at radius 3 is 2.26 bits per heavy atom. The van der Waals surface area contributed by atoms with Gasteiger partial charge in [0.15, 0.2) is 0 Å². The molecule has 156 valence electrons. The minimum Gasteiger partial charge on any atom is -0.359 e. The zero-order chi connectivity index (χ0) is 22.3. The van der Waals surface area contributed by atoms with Crippen LogP contribution >= 0.6 is 11.8 Å². The summed E-state index contributed by atoms with van der Waals surface area (Å²) in [5, 5.41) is 14.9. The summed E-state index contributed by atoms with van der Waals surface area (Å²) in [5.41, 5.74) is 0.839. The van der Waals surface area contributed by atoms with Gasteiger partial charge in [-0.3, -0.25) is 9.35 Å². The molecule has 7 nitrogen and oxygen atoms in total. The summed E-state index contributed by atoms with van der Waals surface area (Å²) in [6, 6.07) is 24.1. The average Bonchev–Trinajstić information content (AvgIpc) is 2.76. The number of amides is 1. The van der Waals surface area contributed by atoms with E-state index >= 15 is 0 Å². The van der Waals surface area contributed by atoms with Crippen molar-refractivity contribution in [2.24, 2.45) is 0 Å². The Kier molecular flexibility index (Phi) is 7.10. The van der Waals surface area contributed by atoms with Crippen LogP contribution in [0.5, 0.6) is 0 Å². The van der Waals surface area contributed by atoms with Gasteiger partial charge in [0, 0.05) is 21.7 Å². The number of nitrogens with one attached hydrogen (secondary N) is 2. The molecular weight excluding hydrogens is 434 g/mol. The third-order valence-corrected chi connectivity index (χ3v) is 5.96. The summed E-state index contributed by atoms with van der Waals surface area (Å²) in [6.07, 6.45) is 1.31. The molecule has 0 aliphatic heterocycles. The molecule has 0 aromatic heterocycles. The van der Waals surface area contributed by atoms with Crippen molar-refractivity contribution in [3.8, 4) is 6.07 Å². The molecule has 0 atom stereocenters. The fourth-order valence-electron chi connectivity index (χ4n) is 2.50. The summed E-state index contributed by atoms with van der Waals surface area (Å²) in [6.45, 7) is 0. The number of nitriles is 1. The lowest BCUT2D eigenvalue weighted by Crippen LogP contribution is -2.14. The fraction of sp³-hybridized carbons (Fsp3) is 0. The minimum atomic E-state index is -4.32. The van der Waals surface area contributed by atoms with E-state index in [-0.39, 0.29) is 16.2 Å². The molecule has 3 aromatic carbocycles. The van der Waals surface area contributed by atoms with Crippen LogP contribution in [0.2, 0.25) is 0 Å². The molecule has 0 saturated carbocycles. The van der Waals surface area contributed by atoms with E-state index in [0.717, 1.165) is 27.6 Å². The van der Waals surface area contributed by atoms with Gasteiger partial charge in [0.1, 0.15) is 11.6 Å². The highest BCUT2D eigenvalue weighted by atomic mass is 32.2. The van der Waals surface area contributed by atoms with Crippen LogP contribution in [0.4, 0.5) is 11.4 Å². The van der Waals surface area contributed by atoms with Gasteiger partial charge in [0.05, 0.1) is 10.6 Å². The van der Waals surface area contributed by atoms with Crippen LogP contribution in [-0.4, -0.2) is 18.9 Å². The first-order valence-corrected chi connectivity index (χ1v) is 11.2. The van der Waals surface area contributed by atoms with Crippen molar-refractivity contribution in [1.82, 2.24) is 0 Å². The fourth-order valence-corrected chi connectivity index (χ4v) is 3.91. The molecule has 0 aliphatic rings. The summed E-state index contributed by atoms with van der Waals surface area (Å²) in [4.78, 5) is 14.1. The van der Waals surface area contributed by atoms with Crippen molar-refractivity contribution in [3.63, 3.8) is 0 Å². The number of para-hydroxylation sites is 1. The van der Waals surface area contributed by atoms with Gasteiger partial charge in [-0.05, 0) is 48.5 Å². The Morgan fingerprint density at radius 2 is 1.61 bits per heavy atom. The molecule has 0 unspecified atom stereocenters. The van der Waals surface area contributed by atoms with E-state index in [1.165, 1.54) is 18.3 Å². The SMILES string of the molecule is N#C/C(=C/Nc1ccccc1Sc1ccccc1)C(=O)Nc1ccc(S(=O)(=O)O)cc1. The largest absolute Gasteiger partial charge is 0.359 e. The van der Waals surface area contributed by atoms with Crippen LogP contribution in [0.1, 0.15) is 0 Å². The lowest BCUT2D eigenvalue weighted by Gasteiger charge is -2.10. The van der Waals surface area contributed by atoms with Crippen LogP contribution in [0, 0.1) is 11.3 Å². The van der Waals surface area contributed by atoms with Gasteiger partial charge in [-0.25, -0.2) is 0 Å². The summed E-state index contributed by atoms with van der Waals surface area (Å²) in [5.74, 6) is -0.664. The summed E-state index contributed by atoms with van der Waals surface area (Å²) in [7, 11) is -4.32. The molecule has 0 radical (unpaired) electrons.